The van der Waals surface area contributed by atoms with E-state index in [2.05, 4.69) is 27.1 Å². The van der Waals surface area contributed by atoms with Gasteiger partial charge in [-0.25, -0.2) is 4.98 Å². The number of aliphatic hydroxyl groups is 1. The Morgan fingerprint density at radius 2 is 1.73 bits per heavy atom. The largest absolute Gasteiger partial charge is 0.392 e. The van der Waals surface area contributed by atoms with Crippen molar-refractivity contribution >= 4 is 16.9 Å². The quantitative estimate of drug-likeness (QED) is 0.265. The number of para-hydroxylation sites is 2. The third-order valence-electron chi connectivity index (χ3n) is 8.78. The Morgan fingerprint density at radius 3 is 2.48 bits per heavy atom. The molecule has 230 valence electrons. The summed E-state index contributed by atoms with van der Waals surface area (Å²) >= 11 is 0. The molecule has 0 radical (unpaired) electrons. The fourth-order valence-corrected chi connectivity index (χ4v) is 6.21. The number of ether oxygens (including phenoxy) is 3. The molecule has 2 aliphatic rings. The summed E-state index contributed by atoms with van der Waals surface area (Å²) in [5.41, 5.74) is 5.54. The van der Waals surface area contributed by atoms with E-state index in [1.54, 1.807) is 7.11 Å². The highest BCUT2D eigenvalue weighted by molar-refractivity contribution is 5.93. The molecule has 9 nitrogen and oxygen atoms in total. The maximum atomic E-state index is 12.8. The number of amides is 1. The number of carbonyl (C=O) groups excluding carboxylic acids is 1. The summed E-state index contributed by atoms with van der Waals surface area (Å²) in [4.78, 5) is 24.1. The summed E-state index contributed by atoms with van der Waals surface area (Å²) in [5, 5.41) is 12.5. The van der Waals surface area contributed by atoms with E-state index >= 15 is 0 Å². The lowest BCUT2D eigenvalue weighted by Crippen LogP contribution is -2.46. The zero-order chi connectivity index (χ0) is 30.5. The molecule has 6 rings (SSSR count). The fourth-order valence-electron chi connectivity index (χ4n) is 6.21. The molecule has 0 saturated carbocycles. The molecular weight excluding hydrogens is 556 g/mol. The third kappa shape index (κ3) is 6.82. The van der Waals surface area contributed by atoms with Gasteiger partial charge in [-0.1, -0.05) is 67.6 Å². The van der Waals surface area contributed by atoms with Crippen LogP contribution in [0.15, 0.2) is 79.0 Å². The first-order valence-corrected chi connectivity index (χ1v) is 15.3. The first kappa shape index (κ1) is 30.3. The fraction of sp³-hybridized carbons (Fsp3) is 0.400. The summed E-state index contributed by atoms with van der Waals surface area (Å²) in [6.45, 7) is 5.12. The standard InChI is InChI=1S/C35H40N4O5/c1-23-32(20-39-17-5-6-28(39)22-42-2)43-35(44-33(23)26-13-11-25(21-40)12-14-26)27-15-9-24(10-16-27)18-37-34(41)31-19-36-29-7-3-4-8-30(29)38-31/h3-4,7-16,19,23,28,32-33,35,40H,5-6,17-18,20-22H2,1-2H3,(H,37,41)/t23-,28-,32+,33+,35+/m0/s1. The van der Waals surface area contributed by atoms with Crippen molar-refractivity contribution in [1.29, 1.82) is 0 Å². The molecule has 4 aromatic rings. The van der Waals surface area contributed by atoms with Crippen molar-refractivity contribution in [2.24, 2.45) is 5.92 Å². The molecule has 2 N–H and O–H groups in total. The highest BCUT2D eigenvalue weighted by atomic mass is 16.7. The van der Waals surface area contributed by atoms with Crippen LogP contribution in [0.2, 0.25) is 0 Å². The minimum atomic E-state index is -0.543. The lowest BCUT2D eigenvalue weighted by Gasteiger charge is -2.43. The van der Waals surface area contributed by atoms with Crippen LogP contribution < -0.4 is 5.32 Å². The monoisotopic (exact) mass is 596 g/mol. The zero-order valence-electron chi connectivity index (χ0n) is 25.3. The zero-order valence-corrected chi connectivity index (χ0v) is 25.3. The second kappa shape index (κ2) is 13.9. The molecule has 0 bridgehead atoms. The Hall–Kier alpha value is -3.73. The van der Waals surface area contributed by atoms with E-state index in [1.165, 1.54) is 6.20 Å². The number of hydrogen-bond acceptors (Lipinski definition) is 8. The molecule has 5 atom stereocenters. The van der Waals surface area contributed by atoms with E-state index in [0.717, 1.165) is 60.3 Å². The average molecular weight is 597 g/mol. The van der Waals surface area contributed by atoms with Gasteiger partial charge in [-0.15, -0.1) is 0 Å². The van der Waals surface area contributed by atoms with E-state index in [9.17, 15) is 9.90 Å². The lowest BCUT2D eigenvalue weighted by molar-refractivity contribution is -0.276. The maximum absolute atomic E-state index is 12.8. The summed E-state index contributed by atoms with van der Waals surface area (Å²) in [7, 11) is 1.76. The first-order chi connectivity index (χ1) is 21.5. The Kier molecular flexibility index (Phi) is 9.59. The molecule has 9 heteroatoms. The van der Waals surface area contributed by atoms with Crippen molar-refractivity contribution in [3.63, 3.8) is 0 Å². The van der Waals surface area contributed by atoms with Crippen LogP contribution >= 0.6 is 0 Å². The average Bonchev–Trinajstić information content (AvgIpc) is 3.51. The highest BCUT2D eigenvalue weighted by Crippen LogP contribution is 2.42. The third-order valence-corrected chi connectivity index (χ3v) is 8.78. The van der Waals surface area contributed by atoms with Crippen LogP contribution in [0.1, 0.15) is 64.9 Å². The van der Waals surface area contributed by atoms with Crippen LogP contribution in [0.3, 0.4) is 0 Å². The van der Waals surface area contributed by atoms with E-state index in [-0.39, 0.29) is 36.3 Å². The van der Waals surface area contributed by atoms with Crippen LogP contribution in [0.25, 0.3) is 11.0 Å². The van der Waals surface area contributed by atoms with Gasteiger partial charge in [0.05, 0.1) is 42.7 Å². The predicted octanol–water partition coefficient (Wildman–Crippen LogP) is 4.95. The Morgan fingerprint density at radius 1 is 1.00 bits per heavy atom. The van der Waals surface area contributed by atoms with E-state index in [4.69, 9.17) is 14.2 Å². The number of benzene rings is 3. The van der Waals surface area contributed by atoms with Crippen molar-refractivity contribution in [2.75, 3.05) is 26.8 Å². The minimum Gasteiger partial charge on any atom is -0.392 e. The number of fused-ring (bicyclic) bond motifs is 1. The molecule has 3 heterocycles. The van der Waals surface area contributed by atoms with Crippen molar-refractivity contribution in [2.45, 2.75) is 57.5 Å². The predicted molar refractivity (Wildman–Crippen MR) is 167 cm³/mol. The molecule has 3 aromatic carbocycles. The summed E-state index contributed by atoms with van der Waals surface area (Å²) in [5.74, 6) is -0.158. The molecule has 0 spiro atoms. The topological polar surface area (TPSA) is 106 Å². The first-order valence-electron chi connectivity index (χ1n) is 15.3. The molecule has 0 aliphatic carbocycles. The van der Waals surface area contributed by atoms with Gasteiger partial charge in [-0.3, -0.25) is 14.7 Å². The molecule has 2 saturated heterocycles. The molecular formula is C35H40N4O5. The van der Waals surface area contributed by atoms with Gasteiger partial charge in [0.25, 0.3) is 5.91 Å². The van der Waals surface area contributed by atoms with E-state index in [1.807, 2.05) is 72.8 Å². The lowest BCUT2D eigenvalue weighted by atomic mass is 9.90. The normalized spacial score (nSPS) is 24.0. The number of hydrogen-bond donors (Lipinski definition) is 2. The van der Waals surface area contributed by atoms with Gasteiger partial charge < -0.3 is 24.6 Å². The van der Waals surface area contributed by atoms with Crippen molar-refractivity contribution in [3.8, 4) is 0 Å². The minimum absolute atomic E-state index is 0.00796. The summed E-state index contributed by atoms with van der Waals surface area (Å²) < 4.78 is 18.8. The van der Waals surface area contributed by atoms with Crippen LogP contribution in [0, 0.1) is 5.92 Å². The van der Waals surface area contributed by atoms with Gasteiger partial charge in [0, 0.05) is 37.7 Å². The molecule has 0 unspecified atom stereocenters. The van der Waals surface area contributed by atoms with E-state index in [0.29, 0.717) is 18.1 Å². The van der Waals surface area contributed by atoms with Crippen molar-refractivity contribution < 1.29 is 24.1 Å². The van der Waals surface area contributed by atoms with Crippen molar-refractivity contribution in [3.05, 3.63) is 107 Å². The summed E-state index contributed by atoms with van der Waals surface area (Å²) in [6, 6.07) is 23.9. The van der Waals surface area contributed by atoms with Crippen LogP contribution in [-0.4, -0.2) is 64.8 Å². The van der Waals surface area contributed by atoms with Gasteiger partial charge in [-0.05, 0) is 48.2 Å². The number of rotatable bonds is 10. The van der Waals surface area contributed by atoms with Crippen molar-refractivity contribution in [1.82, 2.24) is 20.2 Å². The number of nitrogens with one attached hydrogen (secondary N) is 1. The molecule has 2 fully saturated rings. The van der Waals surface area contributed by atoms with Gasteiger partial charge in [0.2, 0.25) is 0 Å². The van der Waals surface area contributed by atoms with Crippen LogP contribution in [0.4, 0.5) is 0 Å². The van der Waals surface area contributed by atoms with E-state index < -0.39 is 6.29 Å². The smallest absolute Gasteiger partial charge is 0.271 e. The Bertz CT molecular complexity index is 1550. The summed E-state index contributed by atoms with van der Waals surface area (Å²) in [6.07, 6.45) is 3.04. The Labute approximate surface area is 258 Å². The van der Waals surface area contributed by atoms with Gasteiger partial charge in [-0.2, -0.15) is 0 Å². The van der Waals surface area contributed by atoms with Gasteiger partial charge in [0.15, 0.2) is 6.29 Å². The molecule has 44 heavy (non-hydrogen) atoms. The number of carbonyl (C=O) groups is 1. The van der Waals surface area contributed by atoms with Gasteiger partial charge >= 0.3 is 0 Å². The molecule has 2 aliphatic heterocycles. The maximum Gasteiger partial charge on any atom is 0.271 e. The number of nitrogens with zero attached hydrogens (tertiary/aromatic N) is 3. The van der Waals surface area contributed by atoms with Crippen LogP contribution in [0.5, 0.6) is 0 Å². The number of aliphatic hydroxyl groups excluding tert-OH is 1. The number of likely N-dealkylation sites (tertiary alicyclic amines) is 1. The molecule has 1 amide bonds. The second-order valence-electron chi connectivity index (χ2n) is 11.7. The second-order valence-corrected chi connectivity index (χ2v) is 11.7. The van der Waals surface area contributed by atoms with Crippen LogP contribution in [-0.2, 0) is 27.4 Å². The number of aromatic nitrogens is 2. The SMILES string of the molecule is COC[C@@H]1CCCN1C[C@H]1O[C@@H](c2ccc(CNC(=O)c3cnc4ccccc4n3)cc2)O[C@@H](c2ccc(CO)cc2)[C@H]1C. The number of methoxy groups -OCH3 is 1. The molecule has 1 aromatic heterocycles. The van der Waals surface area contributed by atoms with Gasteiger partial charge in [0.1, 0.15) is 5.69 Å². The highest BCUT2D eigenvalue weighted by Gasteiger charge is 2.40. The Balaban J connectivity index is 1.16.